The third-order valence-corrected chi connectivity index (χ3v) is 13.2. The maximum absolute atomic E-state index is 14.2. The van der Waals surface area contributed by atoms with E-state index in [1.54, 1.807) is 44.0 Å². The summed E-state index contributed by atoms with van der Waals surface area (Å²) in [6.07, 6.45) is 6.29. The lowest BCUT2D eigenvalue weighted by Crippen LogP contribution is -2.51. The van der Waals surface area contributed by atoms with E-state index in [-0.39, 0.29) is 62.0 Å². The molecule has 2 aliphatic heterocycles. The Hall–Kier alpha value is -8.44. The number of nitrogens with one attached hydrogen (secondary N) is 4. The summed E-state index contributed by atoms with van der Waals surface area (Å²) >= 11 is 0. The Bertz CT molecular complexity index is 2760. The molecule has 4 N–H and O–H groups in total. The molecule has 0 spiro atoms. The topological polar surface area (TPSA) is 289 Å². The number of ether oxygens (including phenoxy) is 4. The number of H-pyrrole nitrogens is 2. The van der Waals surface area contributed by atoms with Gasteiger partial charge in [0.25, 0.3) is 0 Å². The van der Waals surface area contributed by atoms with Crippen LogP contribution in [0.4, 0.5) is 9.59 Å². The van der Waals surface area contributed by atoms with Gasteiger partial charge in [-0.25, -0.2) is 28.9 Å². The number of imidazole rings is 2. The Morgan fingerprint density at radius 1 is 0.595 bits per heavy atom. The molecule has 2 aliphatic rings. The first-order chi connectivity index (χ1) is 35.5. The lowest BCUT2D eigenvalue weighted by molar-refractivity contribution is -0.143. The van der Waals surface area contributed by atoms with Gasteiger partial charge in [0.15, 0.2) is 0 Å². The molecule has 4 aromatic heterocycles. The minimum atomic E-state index is -0.869. The predicted molar refractivity (Wildman–Crippen MR) is 263 cm³/mol. The van der Waals surface area contributed by atoms with Crippen LogP contribution in [0, 0.1) is 11.8 Å². The van der Waals surface area contributed by atoms with Crippen molar-refractivity contribution in [2.75, 3.05) is 27.3 Å². The monoisotopic (exact) mass is 1020 g/mol. The Balaban J connectivity index is 0.980. The van der Waals surface area contributed by atoms with E-state index in [9.17, 15) is 28.8 Å². The molecule has 6 aromatic rings. The van der Waals surface area contributed by atoms with Crippen LogP contribution in [0.2, 0.25) is 0 Å². The summed E-state index contributed by atoms with van der Waals surface area (Å²) in [7, 11) is 2.49. The van der Waals surface area contributed by atoms with E-state index in [2.05, 4.69) is 41.2 Å². The molecule has 24 nitrogen and oxygen atoms in total. The number of amides is 4. The number of aromatic amines is 2. The van der Waals surface area contributed by atoms with Crippen molar-refractivity contribution in [3.8, 4) is 33.6 Å². The van der Waals surface area contributed by atoms with Crippen LogP contribution in [0.25, 0.3) is 33.6 Å². The number of aromatic nitrogens is 10. The number of benzene rings is 2. The summed E-state index contributed by atoms with van der Waals surface area (Å²) in [6, 6.07) is 12.7. The number of likely N-dealkylation sites (tertiary alicyclic amines) is 2. The normalized spacial score (nSPS) is 18.3. The zero-order chi connectivity index (χ0) is 52.8. The molecule has 2 saturated heterocycles. The second-order valence-electron chi connectivity index (χ2n) is 19.0. The Kier molecular flexibility index (Phi) is 15.8. The Morgan fingerprint density at radius 2 is 0.959 bits per heavy atom. The molecule has 0 unspecified atom stereocenters. The molecule has 0 bridgehead atoms. The first-order valence-corrected chi connectivity index (χ1v) is 24.2. The average Bonchev–Trinajstić information content (AvgIpc) is 4.26. The van der Waals surface area contributed by atoms with Crippen molar-refractivity contribution in [1.29, 1.82) is 0 Å². The van der Waals surface area contributed by atoms with Gasteiger partial charge in [0.1, 0.15) is 48.3 Å². The van der Waals surface area contributed by atoms with E-state index in [0.717, 1.165) is 33.6 Å². The molecular formula is C50H60N14O10. The number of nitrogens with zero attached hydrogens (tertiary/aromatic N) is 10. The van der Waals surface area contributed by atoms with Crippen LogP contribution in [-0.2, 0) is 51.3 Å². The molecule has 2 aromatic carbocycles. The van der Waals surface area contributed by atoms with Crippen molar-refractivity contribution in [2.24, 2.45) is 11.8 Å². The quantitative estimate of drug-likeness (QED) is 0.0672. The fourth-order valence-electron chi connectivity index (χ4n) is 9.23. The summed E-state index contributed by atoms with van der Waals surface area (Å²) < 4.78 is 23.2. The second-order valence-corrected chi connectivity index (χ2v) is 19.0. The Morgan fingerprint density at radius 3 is 1.30 bits per heavy atom. The fraction of sp³-hybridized carbons (Fsp3) is 0.440. The van der Waals surface area contributed by atoms with Gasteiger partial charge >= 0.3 is 24.1 Å². The SMILES string of the molecule is COC(=O)N[C@H](C(=O)N1C[C@@H](n2cc(COC(C)=O)nn2)C[C@H]1c1ncc(-c2ccc(-c3ccc(-c4cnc([C@@H]5C[C@H](n6cc(COC(C)=O)nn6)CN5C(=O)[C@@H](NC(=O)OC)C(C)C)[nH]4)cc3)cc2)[nH]1)C(C)C. The summed E-state index contributed by atoms with van der Waals surface area (Å²) in [5.74, 6) is -0.871. The van der Waals surface area contributed by atoms with E-state index < -0.39 is 48.3 Å². The molecule has 4 amide bonds. The summed E-state index contributed by atoms with van der Waals surface area (Å²) in [6.45, 7) is 10.4. The number of hydrogen-bond acceptors (Lipinski definition) is 16. The minimum Gasteiger partial charge on any atom is -0.459 e. The molecule has 0 aliphatic carbocycles. The highest BCUT2D eigenvalue weighted by atomic mass is 16.5. The first-order valence-electron chi connectivity index (χ1n) is 24.2. The molecule has 0 radical (unpaired) electrons. The number of carbonyl (C=O) groups is 6. The molecule has 74 heavy (non-hydrogen) atoms. The molecule has 6 heterocycles. The van der Waals surface area contributed by atoms with Crippen LogP contribution in [0.3, 0.4) is 0 Å². The first kappa shape index (κ1) is 51.9. The molecule has 8 rings (SSSR count). The van der Waals surface area contributed by atoms with Gasteiger partial charge in [0.05, 0.1) is 74.6 Å². The fourth-order valence-corrected chi connectivity index (χ4v) is 9.23. The van der Waals surface area contributed by atoms with Gasteiger partial charge in [0, 0.05) is 26.9 Å². The highest BCUT2D eigenvalue weighted by molar-refractivity contribution is 5.87. The zero-order valence-electron chi connectivity index (χ0n) is 42.3. The van der Waals surface area contributed by atoms with Crippen molar-refractivity contribution in [2.45, 2.75) is 104 Å². The van der Waals surface area contributed by atoms with Crippen LogP contribution in [0.15, 0.2) is 73.3 Å². The maximum Gasteiger partial charge on any atom is 0.407 e. The molecule has 24 heteroatoms. The number of methoxy groups -OCH3 is 2. The van der Waals surface area contributed by atoms with E-state index in [4.69, 9.17) is 28.9 Å². The molecule has 390 valence electrons. The van der Waals surface area contributed by atoms with Gasteiger partial charge in [-0.3, -0.25) is 19.2 Å². The highest BCUT2D eigenvalue weighted by Crippen LogP contribution is 2.40. The molecule has 2 fully saturated rings. The standard InChI is InChI=1S/C50H60N14O10/c1-27(2)43(55-49(69)71-7)47(67)61-23-37(63-21-35(57-59-63)25-73-29(5)65)17-41(61)45-51-19-39(53-45)33-13-9-31(10-14-33)32-11-15-34(16-12-32)40-20-52-46(54-40)42-18-38(64-22-36(58-60-64)26-74-30(6)66)24-62(42)48(68)44(28(3)4)56-50(70)72-8/h9-16,19-22,27-28,37-38,41-44H,17-18,23-26H2,1-8H3,(H,51,53)(H,52,54)(H,55,69)(H,56,70)/t37-,38-,41-,42-,43-,44-/m0/s1. The molecule has 6 atom stereocenters. The van der Waals surface area contributed by atoms with Gasteiger partial charge < -0.3 is 49.3 Å². The number of hydrogen-bond donors (Lipinski definition) is 4. The molecule has 0 saturated carbocycles. The van der Waals surface area contributed by atoms with Gasteiger partial charge in [0.2, 0.25) is 11.8 Å². The average molecular weight is 1020 g/mol. The van der Waals surface area contributed by atoms with Crippen LogP contribution >= 0.6 is 0 Å². The van der Waals surface area contributed by atoms with Crippen molar-refractivity contribution in [1.82, 2.24) is 70.4 Å². The van der Waals surface area contributed by atoms with Crippen LogP contribution < -0.4 is 10.6 Å². The van der Waals surface area contributed by atoms with Crippen molar-refractivity contribution < 1.29 is 47.7 Å². The van der Waals surface area contributed by atoms with Crippen molar-refractivity contribution >= 4 is 35.9 Å². The van der Waals surface area contributed by atoms with Crippen molar-refractivity contribution in [3.63, 3.8) is 0 Å². The second kappa shape index (κ2) is 22.5. The smallest absolute Gasteiger partial charge is 0.407 e. The lowest BCUT2D eigenvalue weighted by atomic mass is 10.0. The zero-order valence-corrected chi connectivity index (χ0v) is 42.3. The highest BCUT2D eigenvalue weighted by Gasteiger charge is 2.44. The molecular weight excluding hydrogens is 957 g/mol. The Labute approximate surface area is 425 Å². The van der Waals surface area contributed by atoms with Gasteiger partial charge in [-0.15, -0.1) is 10.2 Å². The lowest BCUT2D eigenvalue weighted by Gasteiger charge is -2.29. The summed E-state index contributed by atoms with van der Waals surface area (Å²) in [4.78, 5) is 95.8. The number of carbonyl (C=O) groups excluding carboxylic acids is 6. The van der Waals surface area contributed by atoms with Crippen LogP contribution in [-0.4, -0.2) is 135 Å². The number of rotatable bonds is 17. The number of esters is 2. The van der Waals surface area contributed by atoms with Gasteiger partial charge in [-0.05, 0) is 46.9 Å². The summed E-state index contributed by atoms with van der Waals surface area (Å²) in [5.41, 5.74) is 6.08. The van der Waals surface area contributed by atoms with Gasteiger partial charge in [-0.2, -0.15) is 0 Å². The van der Waals surface area contributed by atoms with Crippen molar-refractivity contribution in [3.05, 3.63) is 96.4 Å². The third-order valence-electron chi connectivity index (χ3n) is 13.2. The van der Waals surface area contributed by atoms with E-state index in [1.165, 1.54) is 28.1 Å². The largest absolute Gasteiger partial charge is 0.459 e. The van der Waals surface area contributed by atoms with Crippen LogP contribution in [0.5, 0.6) is 0 Å². The minimum absolute atomic E-state index is 0.0328. The third kappa shape index (κ3) is 11.7. The van der Waals surface area contributed by atoms with E-state index >= 15 is 0 Å². The number of alkyl carbamates (subject to hydrolysis) is 2. The van der Waals surface area contributed by atoms with E-state index in [0.29, 0.717) is 35.9 Å². The maximum atomic E-state index is 14.2. The van der Waals surface area contributed by atoms with Gasteiger partial charge in [-0.1, -0.05) is 86.7 Å². The predicted octanol–water partition coefficient (Wildman–Crippen LogP) is 5.23. The summed E-state index contributed by atoms with van der Waals surface area (Å²) in [5, 5.41) is 22.3. The van der Waals surface area contributed by atoms with E-state index in [1.807, 2.05) is 76.2 Å². The van der Waals surface area contributed by atoms with Crippen LogP contribution in [0.1, 0.15) is 102 Å².